The summed E-state index contributed by atoms with van der Waals surface area (Å²) < 4.78 is 0. The van der Waals surface area contributed by atoms with Crippen molar-refractivity contribution in [3.63, 3.8) is 0 Å². The highest BCUT2D eigenvalue weighted by Gasteiger charge is 2.34. The first-order valence-corrected chi connectivity index (χ1v) is 7.78. The molecule has 3 rings (SSSR count). The zero-order valence-corrected chi connectivity index (χ0v) is 12.8. The van der Waals surface area contributed by atoms with Crippen LogP contribution in [-0.2, 0) is 5.41 Å². The van der Waals surface area contributed by atoms with Gasteiger partial charge < -0.3 is 10.6 Å². The fraction of sp³-hybridized carbons (Fsp3) is 0.368. The third-order valence-corrected chi connectivity index (χ3v) is 4.92. The number of nitrogens with two attached hydrogens (primary N) is 1. The minimum absolute atomic E-state index is 0.150. The third-order valence-electron chi connectivity index (χ3n) is 4.92. The number of benzene rings is 2. The van der Waals surface area contributed by atoms with Gasteiger partial charge in [-0.1, -0.05) is 54.6 Å². The number of piperidine rings is 1. The Morgan fingerprint density at radius 1 is 0.952 bits per heavy atom. The maximum absolute atomic E-state index is 6.19. The summed E-state index contributed by atoms with van der Waals surface area (Å²) in [4.78, 5) is 2.40. The molecule has 1 aliphatic heterocycles. The zero-order chi connectivity index (χ0) is 14.7. The molecule has 0 radical (unpaired) electrons. The second-order valence-electron chi connectivity index (χ2n) is 6.23. The Hall–Kier alpha value is -1.64. The largest absolute Gasteiger partial charge is 0.330 e. The van der Waals surface area contributed by atoms with E-state index < -0.39 is 0 Å². The van der Waals surface area contributed by atoms with Gasteiger partial charge >= 0.3 is 0 Å². The highest BCUT2D eigenvalue weighted by atomic mass is 15.1. The van der Waals surface area contributed by atoms with Crippen LogP contribution < -0.4 is 5.73 Å². The Bertz CT molecular complexity index is 584. The van der Waals surface area contributed by atoms with E-state index >= 15 is 0 Å². The van der Waals surface area contributed by atoms with Gasteiger partial charge in [-0.15, -0.1) is 0 Å². The third kappa shape index (κ3) is 2.87. The fourth-order valence-corrected chi connectivity index (χ4v) is 3.32. The molecule has 0 bridgehead atoms. The van der Waals surface area contributed by atoms with E-state index in [0.717, 1.165) is 32.5 Å². The Morgan fingerprint density at radius 3 is 2.29 bits per heavy atom. The lowest BCUT2D eigenvalue weighted by atomic mass is 9.72. The van der Waals surface area contributed by atoms with Crippen LogP contribution >= 0.6 is 0 Å². The summed E-state index contributed by atoms with van der Waals surface area (Å²) in [6.45, 7) is 3.00. The molecule has 2 aromatic rings. The van der Waals surface area contributed by atoms with Gasteiger partial charge in [-0.2, -0.15) is 0 Å². The summed E-state index contributed by atoms with van der Waals surface area (Å²) in [7, 11) is 2.20. The molecule has 1 fully saturated rings. The molecule has 110 valence electrons. The summed E-state index contributed by atoms with van der Waals surface area (Å²) in [5.74, 6) is 0. The van der Waals surface area contributed by atoms with Crippen LogP contribution in [0.5, 0.6) is 0 Å². The number of rotatable bonds is 3. The minimum atomic E-state index is 0.150. The molecule has 0 amide bonds. The highest BCUT2D eigenvalue weighted by molar-refractivity contribution is 5.64. The Balaban J connectivity index is 1.95. The Labute approximate surface area is 127 Å². The van der Waals surface area contributed by atoms with Crippen LogP contribution in [-0.4, -0.2) is 31.6 Å². The van der Waals surface area contributed by atoms with Gasteiger partial charge in [0.25, 0.3) is 0 Å². The van der Waals surface area contributed by atoms with Crippen LogP contribution in [0.15, 0.2) is 54.6 Å². The summed E-state index contributed by atoms with van der Waals surface area (Å²) in [6.07, 6.45) is 2.30. The van der Waals surface area contributed by atoms with E-state index in [1.54, 1.807) is 0 Å². The molecule has 1 aliphatic rings. The average molecular weight is 280 g/mol. The first-order chi connectivity index (χ1) is 10.2. The predicted octanol–water partition coefficient (Wildman–Crippen LogP) is 3.28. The van der Waals surface area contributed by atoms with E-state index in [1.165, 1.54) is 16.7 Å². The first-order valence-electron chi connectivity index (χ1n) is 7.78. The highest BCUT2D eigenvalue weighted by Crippen LogP contribution is 2.36. The summed E-state index contributed by atoms with van der Waals surface area (Å²) >= 11 is 0. The number of hydrogen-bond acceptors (Lipinski definition) is 2. The van der Waals surface area contributed by atoms with Gasteiger partial charge in [0, 0.05) is 12.0 Å². The maximum atomic E-state index is 6.19. The van der Waals surface area contributed by atoms with Gasteiger partial charge in [-0.05, 0) is 49.7 Å². The van der Waals surface area contributed by atoms with Crippen molar-refractivity contribution < 1.29 is 0 Å². The lowest BCUT2D eigenvalue weighted by molar-refractivity contribution is 0.192. The normalized spacial score (nSPS) is 18.6. The van der Waals surface area contributed by atoms with Crippen molar-refractivity contribution in [2.45, 2.75) is 18.3 Å². The standard InChI is InChI=1S/C19H24N2/c1-21-12-10-19(15-20,11-13-21)18-9-5-8-17(14-18)16-6-3-2-4-7-16/h2-9,14H,10-13,15,20H2,1H3. The molecule has 2 heteroatoms. The van der Waals surface area contributed by atoms with Crippen molar-refractivity contribution in [1.29, 1.82) is 0 Å². The van der Waals surface area contributed by atoms with Crippen molar-refractivity contribution in [3.8, 4) is 11.1 Å². The summed E-state index contributed by atoms with van der Waals surface area (Å²) in [5, 5.41) is 0. The molecule has 1 saturated heterocycles. The molecule has 0 unspecified atom stereocenters. The quantitative estimate of drug-likeness (QED) is 0.935. The predicted molar refractivity (Wildman–Crippen MR) is 89.3 cm³/mol. The molecule has 0 aliphatic carbocycles. The van der Waals surface area contributed by atoms with E-state index in [0.29, 0.717) is 0 Å². The fourth-order valence-electron chi connectivity index (χ4n) is 3.32. The zero-order valence-electron chi connectivity index (χ0n) is 12.8. The van der Waals surface area contributed by atoms with Crippen molar-refractivity contribution in [1.82, 2.24) is 4.90 Å². The van der Waals surface area contributed by atoms with Gasteiger partial charge in [0.05, 0.1) is 0 Å². The van der Waals surface area contributed by atoms with Crippen LogP contribution in [0, 0.1) is 0 Å². The van der Waals surface area contributed by atoms with Crippen LogP contribution in [0.4, 0.5) is 0 Å². The van der Waals surface area contributed by atoms with Crippen LogP contribution in [0.3, 0.4) is 0 Å². The molecule has 1 heterocycles. The second kappa shape index (κ2) is 6.00. The van der Waals surface area contributed by atoms with Gasteiger partial charge in [0.2, 0.25) is 0 Å². The maximum Gasteiger partial charge on any atom is 0.01000 e. The van der Waals surface area contributed by atoms with Gasteiger partial charge in [-0.3, -0.25) is 0 Å². The number of hydrogen-bond donors (Lipinski definition) is 1. The van der Waals surface area contributed by atoms with Crippen molar-refractivity contribution in [2.24, 2.45) is 5.73 Å². The van der Waals surface area contributed by atoms with Crippen LogP contribution in [0.25, 0.3) is 11.1 Å². The molecule has 0 atom stereocenters. The van der Waals surface area contributed by atoms with Gasteiger partial charge in [-0.25, -0.2) is 0 Å². The van der Waals surface area contributed by atoms with Crippen LogP contribution in [0.1, 0.15) is 18.4 Å². The lowest BCUT2D eigenvalue weighted by Gasteiger charge is -2.40. The first kappa shape index (κ1) is 14.3. The minimum Gasteiger partial charge on any atom is -0.330 e. The lowest BCUT2D eigenvalue weighted by Crippen LogP contribution is -2.45. The van der Waals surface area contributed by atoms with Crippen molar-refractivity contribution in [3.05, 3.63) is 60.2 Å². The molecule has 2 aromatic carbocycles. The smallest absolute Gasteiger partial charge is 0.01000 e. The van der Waals surface area contributed by atoms with E-state index in [1.807, 2.05) is 0 Å². The summed E-state index contributed by atoms with van der Waals surface area (Å²) in [6, 6.07) is 19.5. The molecule has 2 nitrogen and oxygen atoms in total. The molecule has 0 spiro atoms. The molecule has 0 saturated carbocycles. The number of likely N-dealkylation sites (tertiary alicyclic amines) is 1. The van der Waals surface area contributed by atoms with E-state index in [-0.39, 0.29) is 5.41 Å². The Kier molecular flexibility index (Phi) is 4.09. The summed E-state index contributed by atoms with van der Waals surface area (Å²) in [5.41, 5.74) is 10.3. The molecular weight excluding hydrogens is 256 g/mol. The molecule has 2 N–H and O–H groups in total. The van der Waals surface area contributed by atoms with Gasteiger partial charge in [0.1, 0.15) is 0 Å². The average Bonchev–Trinajstić information content (AvgIpc) is 2.57. The van der Waals surface area contributed by atoms with Crippen molar-refractivity contribution >= 4 is 0 Å². The van der Waals surface area contributed by atoms with E-state index in [4.69, 9.17) is 5.73 Å². The molecule has 0 aromatic heterocycles. The molecular formula is C19H24N2. The van der Waals surface area contributed by atoms with Crippen LogP contribution in [0.2, 0.25) is 0 Å². The second-order valence-corrected chi connectivity index (χ2v) is 6.23. The van der Waals surface area contributed by atoms with E-state index in [2.05, 4.69) is 66.5 Å². The van der Waals surface area contributed by atoms with Crippen molar-refractivity contribution in [2.75, 3.05) is 26.7 Å². The molecule has 21 heavy (non-hydrogen) atoms. The SMILES string of the molecule is CN1CCC(CN)(c2cccc(-c3ccccc3)c2)CC1. The Morgan fingerprint density at radius 2 is 1.62 bits per heavy atom. The van der Waals surface area contributed by atoms with E-state index in [9.17, 15) is 0 Å². The number of nitrogens with zero attached hydrogens (tertiary/aromatic N) is 1. The monoisotopic (exact) mass is 280 g/mol. The topological polar surface area (TPSA) is 29.3 Å². The van der Waals surface area contributed by atoms with Gasteiger partial charge in [0.15, 0.2) is 0 Å².